The molecule has 174 valence electrons. The van der Waals surface area contributed by atoms with Gasteiger partial charge in [-0.25, -0.2) is 9.50 Å². The Balaban J connectivity index is 1.49. The van der Waals surface area contributed by atoms with Crippen LogP contribution in [-0.2, 0) is 0 Å². The number of hydrogen-bond acceptors (Lipinski definition) is 5. The third kappa shape index (κ3) is 4.27. The van der Waals surface area contributed by atoms with Gasteiger partial charge in [-0.05, 0) is 76.4 Å². The first kappa shape index (κ1) is 22.0. The molecule has 1 fully saturated rings. The molecule has 7 heteroatoms. The highest BCUT2D eigenvalue weighted by atomic mass is 16.3. The zero-order valence-electron chi connectivity index (χ0n) is 20.3. The minimum atomic E-state index is -0.648. The molecule has 33 heavy (non-hydrogen) atoms. The summed E-state index contributed by atoms with van der Waals surface area (Å²) >= 11 is 0. The van der Waals surface area contributed by atoms with Crippen molar-refractivity contribution >= 4 is 16.7 Å². The van der Waals surface area contributed by atoms with E-state index in [1.165, 1.54) is 11.3 Å². The number of nitrogens with one attached hydrogen (secondary N) is 1. The monoisotopic (exact) mass is 446 g/mol. The van der Waals surface area contributed by atoms with Crippen molar-refractivity contribution in [1.82, 2.24) is 29.5 Å². The van der Waals surface area contributed by atoms with Gasteiger partial charge in [-0.3, -0.25) is 4.98 Å². The molecule has 7 nitrogen and oxygen atoms in total. The number of aromatic nitrogens is 5. The van der Waals surface area contributed by atoms with Crippen molar-refractivity contribution in [2.75, 3.05) is 19.6 Å². The summed E-state index contributed by atoms with van der Waals surface area (Å²) < 4.78 is 1.85. The topological polar surface area (TPSA) is 82.3 Å². The lowest BCUT2D eigenvalue weighted by atomic mass is 9.91. The first-order valence-corrected chi connectivity index (χ1v) is 12.0. The molecule has 5 rings (SSSR count). The van der Waals surface area contributed by atoms with Gasteiger partial charge in [-0.2, -0.15) is 5.10 Å². The van der Waals surface area contributed by atoms with Crippen molar-refractivity contribution in [2.45, 2.75) is 64.9 Å². The first-order chi connectivity index (χ1) is 15.7. The number of nitrogens with zero attached hydrogens (tertiary/aromatic N) is 5. The maximum absolute atomic E-state index is 10.1. The lowest BCUT2D eigenvalue weighted by Gasteiger charge is -2.35. The normalized spacial score (nSPS) is 16.5. The van der Waals surface area contributed by atoms with E-state index in [9.17, 15) is 5.11 Å². The zero-order chi connectivity index (χ0) is 23.3. The Morgan fingerprint density at radius 2 is 1.97 bits per heavy atom. The van der Waals surface area contributed by atoms with Crippen LogP contribution in [0.15, 0.2) is 30.7 Å². The second-order valence-corrected chi connectivity index (χ2v) is 10.5. The van der Waals surface area contributed by atoms with E-state index < -0.39 is 5.60 Å². The predicted molar refractivity (Wildman–Crippen MR) is 132 cm³/mol. The summed E-state index contributed by atoms with van der Waals surface area (Å²) in [6.45, 7) is 13.0. The molecule has 0 aliphatic carbocycles. The van der Waals surface area contributed by atoms with Gasteiger partial charge < -0.3 is 15.0 Å². The molecule has 0 aromatic carbocycles. The second-order valence-electron chi connectivity index (χ2n) is 10.5. The van der Waals surface area contributed by atoms with Gasteiger partial charge in [0.05, 0.1) is 22.3 Å². The minimum absolute atomic E-state index is 0.330. The molecule has 1 aliphatic heterocycles. The molecule has 0 unspecified atom stereocenters. The highest BCUT2D eigenvalue weighted by molar-refractivity contribution is 5.88. The summed E-state index contributed by atoms with van der Waals surface area (Å²) in [5.74, 6) is 0.788. The van der Waals surface area contributed by atoms with E-state index in [0.29, 0.717) is 11.8 Å². The van der Waals surface area contributed by atoms with Crippen molar-refractivity contribution in [3.8, 4) is 11.3 Å². The summed E-state index contributed by atoms with van der Waals surface area (Å²) in [6.07, 6.45) is 5.79. The summed E-state index contributed by atoms with van der Waals surface area (Å²) in [4.78, 5) is 15.6. The smallest absolute Gasteiger partial charge is 0.158 e. The van der Waals surface area contributed by atoms with Crippen molar-refractivity contribution in [3.05, 3.63) is 47.5 Å². The van der Waals surface area contributed by atoms with Gasteiger partial charge in [0.1, 0.15) is 6.33 Å². The van der Waals surface area contributed by atoms with Crippen LogP contribution in [0.1, 0.15) is 69.2 Å². The summed E-state index contributed by atoms with van der Waals surface area (Å²) in [6, 6.07) is 6.56. The van der Waals surface area contributed by atoms with Crippen LogP contribution in [0.3, 0.4) is 0 Å². The molecule has 5 heterocycles. The molecule has 0 bridgehead atoms. The average molecular weight is 447 g/mol. The van der Waals surface area contributed by atoms with Crippen molar-refractivity contribution < 1.29 is 5.11 Å². The third-order valence-electron chi connectivity index (χ3n) is 6.74. The Bertz CT molecular complexity index is 1290. The van der Waals surface area contributed by atoms with Crippen LogP contribution >= 0.6 is 0 Å². The van der Waals surface area contributed by atoms with Crippen LogP contribution in [0.4, 0.5) is 0 Å². The maximum Gasteiger partial charge on any atom is 0.158 e. The van der Waals surface area contributed by atoms with Crippen molar-refractivity contribution in [2.24, 2.45) is 0 Å². The summed E-state index contributed by atoms with van der Waals surface area (Å²) in [5, 5.41) is 14.5. The minimum Gasteiger partial charge on any atom is -0.389 e. The third-order valence-corrected chi connectivity index (χ3v) is 6.74. The first-order valence-electron chi connectivity index (χ1n) is 12.0. The fourth-order valence-corrected chi connectivity index (χ4v) is 5.28. The highest BCUT2D eigenvalue weighted by Crippen LogP contribution is 2.37. The number of hydrogen-bond donors (Lipinski definition) is 2. The largest absolute Gasteiger partial charge is 0.389 e. The zero-order valence-corrected chi connectivity index (χ0v) is 20.3. The lowest BCUT2D eigenvalue weighted by Crippen LogP contribution is -2.42. The number of aryl methyl sites for hydroxylation is 1. The number of H-pyrrole nitrogens is 1. The number of fused-ring (bicyclic) bond motifs is 2. The highest BCUT2D eigenvalue weighted by Gasteiger charge is 2.26. The molecule has 1 aliphatic rings. The molecule has 4 aromatic rings. The number of rotatable bonds is 5. The van der Waals surface area contributed by atoms with E-state index in [1.807, 2.05) is 24.6 Å². The molecule has 0 amide bonds. The van der Waals surface area contributed by atoms with Crippen LogP contribution in [0.5, 0.6) is 0 Å². The SMILES string of the molecule is Cc1cc(-c2[nH]c3ccc(C4CCN(CC(C)(C)O)CC4)nc3c2C(C)C)cn2ncnc12. The Morgan fingerprint density at radius 1 is 1.21 bits per heavy atom. The van der Waals surface area contributed by atoms with Crippen LogP contribution in [-0.4, -0.2) is 59.8 Å². The Hall–Kier alpha value is -2.77. The van der Waals surface area contributed by atoms with Gasteiger partial charge in [0.25, 0.3) is 0 Å². The van der Waals surface area contributed by atoms with E-state index in [4.69, 9.17) is 4.98 Å². The van der Waals surface area contributed by atoms with Gasteiger partial charge in [0.15, 0.2) is 5.65 Å². The van der Waals surface area contributed by atoms with E-state index in [2.05, 4.69) is 58.9 Å². The molecular formula is C26H34N6O. The van der Waals surface area contributed by atoms with Gasteiger partial charge in [-0.1, -0.05) is 13.8 Å². The number of likely N-dealkylation sites (tertiary alicyclic amines) is 1. The standard InChI is InChI=1S/C26H34N6O/c1-16(2)22-23(19-12-17(3)25-27-15-28-32(25)13-19)30-21-7-6-20(29-24(21)22)18-8-10-31(11-9-18)14-26(4,5)33/h6-7,12-13,15-16,18,30,33H,8-11,14H2,1-5H3. The Morgan fingerprint density at radius 3 is 2.67 bits per heavy atom. The molecule has 4 aromatic heterocycles. The van der Waals surface area contributed by atoms with Crippen LogP contribution < -0.4 is 0 Å². The fraction of sp³-hybridized carbons (Fsp3) is 0.500. The van der Waals surface area contributed by atoms with Gasteiger partial charge in [-0.15, -0.1) is 0 Å². The quantitative estimate of drug-likeness (QED) is 0.466. The number of aromatic amines is 1. The van der Waals surface area contributed by atoms with Crippen molar-refractivity contribution in [3.63, 3.8) is 0 Å². The molecular weight excluding hydrogens is 412 g/mol. The summed E-state index contributed by atoms with van der Waals surface area (Å²) in [5.41, 5.74) is 8.15. The van der Waals surface area contributed by atoms with E-state index >= 15 is 0 Å². The number of pyridine rings is 2. The van der Waals surface area contributed by atoms with Crippen LogP contribution in [0.2, 0.25) is 0 Å². The van der Waals surface area contributed by atoms with E-state index in [-0.39, 0.29) is 0 Å². The van der Waals surface area contributed by atoms with Crippen LogP contribution in [0, 0.1) is 6.92 Å². The maximum atomic E-state index is 10.1. The molecule has 0 atom stereocenters. The van der Waals surface area contributed by atoms with E-state index in [1.54, 1.807) is 6.33 Å². The molecule has 0 radical (unpaired) electrons. The summed E-state index contributed by atoms with van der Waals surface area (Å²) in [7, 11) is 0. The Labute approximate surface area is 194 Å². The van der Waals surface area contributed by atoms with Crippen LogP contribution in [0.25, 0.3) is 27.9 Å². The molecule has 1 saturated heterocycles. The van der Waals surface area contributed by atoms with Crippen molar-refractivity contribution in [1.29, 1.82) is 0 Å². The predicted octanol–water partition coefficient (Wildman–Crippen LogP) is 4.65. The van der Waals surface area contributed by atoms with Gasteiger partial charge in [0, 0.05) is 35.5 Å². The molecule has 0 spiro atoms. The molecule has 0 saturated carbocycles. The average Bonchev–Trinajstić information content (AvgIpc) is 3.37. The Kier molecular flexibility index (Phi) is 5.49. The number of piperidine rings is 1. The fourth-order valence-electron chi connectivity index (χ4n) is 5.28. The van der Waals surface area contributed by atoms with Gasteiger partial charge >= 0.3 is 0 Å². The van der Waals surface area contributed by atoms with E-state index in [0.717, 1.165) is 66.0 Å². The molecule has 2 N–H and O–H groups in total. The second kappa shape index (κ2) is 8.22. The number of β-amino-alcohol motifs (C(OH)–C–C–N with tert-alkyl or cyclic N) is 1. The number of aliphatic hydroxyl groups is 1. The van der Waals surface area contributed by atoms with Gasteiger partial charge in [0.2, 0.25) is 0 Å². The lowest BCUT2D eigenvalue weighted by molar-refractivity contribution is 0.0280.